The van der Waals surface area contributed by atoms with Crippen LogP contribution in [0.25, 0.3) is 0 Å². The highest BCUT2D eigenvalue weighted by Gasteiger charge is 2.26. The van der Waals surface area contributed by atoms with Crippen molar-refractivity contribution in [2.24, 2.45) is 5.41 Å². The number of carbonyl (C=O) groups is 1. The Bertz CT molecular complexity index is 246. The number of unbranched alkanes of at least 4 members (excludes halogenated alkanes) is 11. The Hall–Kier alpha value is -0.330. The predicted molar refractivity (Wildman–Crippen MR) is 94.8 cm³/mol. The minimum Gasteiger partial charge on any atom is -0.299 e. The smallest absolute Gasteiger partial charge is 0.135 e. The molecule has 0 aliphatic carbocycles. The van der Waals surface area contributed by atoms with Crippen LogP contribution in [-0.2, 0) is 4.79 Å². The van der Waals surface area contributed by atoms with Crippen LogP contribution in [-0.4, -0.2) is 5.78 Å². The van der Waals surface area contributed by atoms with E-state index in [1.165, 1.54) is 77.0 Å². The van der Waals surface area contributed by atoms with Gasteiger partial charge < -0.3 is 0 Å². The molecule has 0 heterocycles. The maximum atomic E-state index is 11.6. The molecule has 0 rings (SSSR count). The molecule has 0 amide bonds. The topological polar surface area (TPSA) is 17.1 Å². The second-order valence-corrected chi connectivity index (χ2v) is 7.11. The molecular weight excluding hydrogens is 256 g/mol. The first-order chi connectivity index (χ1) is 10.1. The van der Waals surface area contributed by atoms with E-state index in [1.54, 1.807) is 6.92 Å². The summed E-state index contributed by atoms with van der Waals surface area (Å²) < 4.78 is 0. The third kappa shape index (κ3) is 11.0. The lowest BCUT2D eigenvalue weighted by Crippen LogP contribution is -2.24. The van der Waals surface area contributed by atoms with Gasteiger partial charge in [-0.25, -0.2) is 0 Å². The maximum Gasteiger partial charge on any atom is 0.135 e. The molecule has 1 unspecified atom stereocenters. The van der Waals surface area contributed by atoms with Crippen LogP contribution in [0, 0.1) is 5.41 Å². The van der Waals surface area contributed by atoms with Gasteiger partial charge in [0.1, 0.15) is 5.78 Å². The Balaban J connectivity index is 3.31. The molecule has 0 saturated heterocycles. The van der Waals surface area contributed by atoms with Gasteiger partial charge in [-0.3, -0.25) is 4.79 Å². The average Bonchev–Trinajstić information content (AvgIpc) is 2.47. The van der Waals surface area contributed by atoms with Crippen molar-refractivity contribution >= 4 is 5.78 Å². The number of ketones is 1. The zero-order chi connectivity index (χ0) is 16.0. The Morgan fingerprint density at radius 2 is 1.10 bits per heavy atom. The van der Waals surface area contributed by atoms with Gasteiger partial charge in [0, 0.05) is 5.41 Å². The van der Waals surface area contributed by atoms with Gasteiger partial charge in [-0.15, -0.1) is 0 Å². The van der Waals surface area contributed by atoms with Crippen molar-refractivity contribution in [2.45, 2.75) is 118 Å². The van der Waals surface area contributed by atoms with Crippen molar-refractivity contribution in [1.82, 2.24) is 0 Å². The summed E-state index contributed by atoms with van der Waals surface area (Å²) in [6, 6.07) is 0. The van der Waals surface area contributed by atoms with Crippen LogP contribution in [0.5, 0.6) is 0 Å². The Morgan fingerprint density at radius 3 is 1.43 bits per heavy atom. The Morgan fingerprint density at radius 1 is 0.714 bits per heavy atom. The van der Waals surface area contributed by atoms with E-state index in [2.05, 4.69) is 20.8 Å². The van der Waals surface area contributed by atoms with Gasteiger partial charge >= 0.3 is 0 Å². The number of carbonyl (C=O) groups excluding carboxylic acids is 1. The van der Waals surface area contributed by atoms with Gasteiger partial charge in [-0.1, -0.05) is 97.8 Å². The highest BCUT2D eigenvalue weighted by Crippen LogP contribution is 2.29. The molecule has 0 bridgehead atoms. The van der Waals surface area contributed by atoms with Crippen LogP contribution in [0.15, 0.2) is 0 Å². The average molecular weight is 297 g/mol. The quantitative estimate of drug-likeness (QED) is 0.295. The van der Waals surface area contributed by atoms with E-state index in [0.29, 0.717) is 5.78 Å². The molecule has 0 fully saturated rings. The van der Waals surface area contributed by atoms with Gasteiger partial charge in [0.15, 0.2) is 0 Å². The second kappa shape index (κ2) is 13.3. The van der Waals surface area contributed by atoms with Gasteiger partial charge in [-0.05, 0) is 19.8 Å². The largest absolute Gasteiger partial charge is 0.299 e. The predicted octanol–water partition coefficient (Wildman–Crippen LogP) is 7.08. The monoisotopic (exact) mass is 296 g/mol. The lowest BCUT2D eigenvalue weighted by atomic mass is 9.79. The molecule has 1 nitrogen and oxygen atoms in total. The summed E-state index contributed by atoms with van der Waals surface area (Å²) in [4.78, 5) is 11.6. The van der Waals surface area contributed by atoms with E-state index in [4.69, 9.17) is 0 Å². The van der Waals surface area contributed by atoms with Crippen molar-refractivity contribution in [3.8, 4) is 0 Å². The van der Waals surface area contributed by atoms with Gasteiger partial charge in [0.25, 0.3) is 0 Å². The summed E-state index contributed by atoms with van der Waals surface area (Å²) in [5, 5.41) is 0. The summed E-state index contributed by atoms with van der Waals surface area (Å²) in [5.41, 5.74) is -0.0571. The maximum absolute atomic E-state index is 11.6. The molecule has 0 aliphatic rings. The lowest BCUT2D eigenvalue weighted by molar-refractivity contribution is -0.126. The lowest BCUT2D eigenvalue weighted by Gasteiger charge is -2.24. The van der Waals surface area contributed by atoms with Crippen LogP contribution < -0.4 is 0 Å². The fraction of sp³-hybridized carbons (Fsp3) is 0.950. The van der Waals surface area contributed by atoms with Gasteiger partial charge in [-0.2, -0.15) is 0 Å². The van der Waals surface area contributed by atoms with Crippen LogP contribution >= 0.6 is 0 Å². The van der Waals surface area contributed by atoms with E-state index >= 15 is 0 Å². The van der Waals surface area contributed by atoms with Gasteiger partial charge in [0.05, 0.1) is 0 Å². The van der Waals surface area contributed by atoms with Crippen LogP contribution in [0.2, 0.25) is 0 Å². The molecule has 0 aromatic carbocycles. The summed E-state index contributed by atoms with van der Waals surface area (Å²) in [7, 11) is 0. The van der Waals surface area contributed by atoms with Crippen molar-refractivity contribution in [1.29, 1.82) is 0 Å². The minimum absolute atomic E-state index is 0.0571. The third-order valence-electron chi connectivity index (χ3n) is 5.21. The van der Waals surface area contributed by atoms with Crippen molar-refractivity contribution in [3.05, 3.63) is 0 Å². The minimum atomic E-state index is -0.0571. The molecule has 1 heteroatoms. The molecule has 0 aromatic rings. The molecule has 126 valence electrons. The Kier molecular flexibility index (Phi) is 13.1. The van der Waals surface area contributed by atoms with E-state index in [-0.39, 0.29) is 5.41 Å². The molecule has 0 saturated carbocycles. The fourth-order valence-corrected chi connectivity index (χ4v) is 2.96. The zero-order valence-electron chi connectivity index (χ0n) is 15.3. The molecule has 0 N–H and O–H groups in total. The fourth-order valence-electron chi connectivity index (χ4n) is 2.96. The number of Topliss-reactive ketones (excluding diaryl/α,β-unsaturated/α-hetero) is 1. The molecule has 21 heavy (non-hydrogen) atoms. The van der Waals surface area contributed by atoms with Gasteiger partial charge in [0.2, 0.25) is 0 Å². The molecule has 0 spiro atoms. The SMILES string of the molecule is CCCCCCCCCCCCCCC(C)(CC)C(C)=O. The highest BCUT2D eigenvalue weighted by atomic mass is 16.1. The van der Waals surface area contributed by atoms with Crippen LogP contribution in [0.4, 0.5) is 0 Å². The van der Waals surface area contributed by atoms with E-state index in [0.717, 1.165) is 12.8 Å². The van der Waals surface area contributed by atoms with Crippen LogP contribution in [0.1, 0.15) is 118 Å². The number of hydrogen-bond donors (Lipinski definition) is 0. The summed E-state index contributed by atoms with van der Waals surface area (Å²) in [5.74, 6) is 0.369. The zero-order valence-corrected chi connectivity index (χ0v) is 15.3. The normalized spacial score (nSPS) is 14.1. The Labute approximate surface area is 134 Å². The van der Waals surface area contributed by atoms with E-state index in [9.17, 15) is 4.79 Å². The van der Waals surface area contributed by atoms with Crippen molar-refractivity contribution in [2.75, 3.05) is 0 Å². The standard InChI is InChI=1S/C20H40O/c1-5-7-8-9-10-11-12-13-14-15-16-17-18-20(4,6-2)19(3)21/h5-18H2,1-4H3. The first kappa shape index (κ1) is 20.7. The first-order valence-electron chi connectivity index (χ1n) is 9.58. The second-order valence-electron chi connectivity index (χ2n) is 7.11. The molecule has 1 atom stereocenters. The first-order valence-corrected chi connectivity index (χ1v) is 9.58. The third-order valence-corrected chi connectivity index (χ3v) is 5.21. The summed E-state index contributed by atoms with van der Waals surface area (Å²) in [6.07, 6.45) is 18.7. The molecule has 0 aliphatic heterocycles. The van der Waals surface area contributed by atoms with Crippen molar-refractivity contribution < 1.29 is 4.79 Å². The molecular formula is C20H40O. The summed E-state index contributed by atoms with van der Waals surface area (Å²) in [6.45, 7) is 8.30. The van der Waals surface area contributed by atoms with Crippen molar-refractivity contribution in [3.63, 3.8) is 0 Å². The highest BCUT2D eigenvalue weighted by molar-refractivity contribution is 5.81. The molecule has 0 aromatic heterocycles. The number of rotatable bonds is 15. The molecule has 0 radical (unpaired) electrons. The van der Waals surface area contributed by atoms with E-state index in [1.807, 2.05) is 0 Å². The number of hydrogen-bond acceptors (Lipinski definition) is 1. The van der Waals surface area contributed by atoms with Crippen LogP contribution in [0.3, 0.4) is 0 Å². The summed E-state index contributed by atoms with van der Waals surface area (Å²) >= 11 is 0. The van der Waals surface area contributed by atoms with E-state index < -0.39 is 0 Å².